The molecule has 0 radical (unpaired) electrons. The summed E-state index contributed by atoms with van der Waals surface area (Å²) in [6.07, 6.45) is 0.961. The number of hydrogen-bond donors (Lipinski definition) is 1. The molecule has 2 unspecified atom stereocenters. The third-order valence-electron chi connectivity index (χ3n) is 5.04. The minimum atomic E-state index is -0.00208. The molecule has 0 bridgehead atoms. The van der Waals surface area contributed by atoms with E-state index in [4.69, 9.17) is 19.9 Å². The van der Waals surface area contributed by atoms with E-state index in [1.165, 1.54) is 16.7 Å². The second-order valence-electron chi connectivity index (χ2n) is 6.78. The van der Waals surface area contributed by atoms with E-state index in [1.807, 2.05) is 12.1 Å². The SMILES string of the molecule is COc1cccc(CN2CCc3cc(OC)c(OC)cc3C2C(C)N)c1. The van der Waals surface area contributed by atoms with Crippen molar-refractivity contribution in [3.8, 4) is 17.2 Å². The molecule has 2 N–H and O–H groups in total. The molecule has 0 saturated heterocycles. The zero-order chi connectivity index (χ0) is 18.7. The summed E-state index contributed by atoms with van der Waals surface area (Å²) < 4.78 is 16.3. The highest BCUT2D eigenvalue weighted by Gasteiger charge is 2.31. The Morgan fingerprint density at radius 2 is 1.81 bits per heavy atom. The Balaban J connectivity index is 1.94. The Hall–Kier alpha value is -2.24. The third kappa shape index (κ3) is 3.64. The first-order valence-electron chi connectivity index (χ1n) is 8.94. The smallest absolute Gasteiger partial charge is 0.161 e. The second kappa shape index (κ2) is 7.98. The van der Waals surface area contributed by atoms with Crippen LogP contribution in [0.3, 0.4) is 0 Å². The fourth-order valence-corrected chi connectivity index (χ4v) is 3.83. The van der Waals surface area contributed by atoms with Crippen LogP contribution in [0.15, 0.2) is 36.4 Å². The van der Waals surface area contributed by atoms with Crippen LogP contribution in [0.4, 0.5) is 0 Å². The van der Waals surface area contributed by atoms with Crippen LogP contribution in [0.25, 0.3) is 0 Å². The fraction of sp³-hybridized carbons (Fsp3) is 0.429. The highest BCUT2D eigenvalue weighted by molar-refractivity contribution is 5.50. The lowest BCUT2D eigenvalue weighted by Crippen LogP contribution is -2.43. The van der Waals surface area contributed by atoms with Gasteiger partial charge in [-0.15, -0.1) is 0 Å². The molecule has 0 fully saturated rings. The monoisotopic (exact) mass is 356 g/mol. The minimum Gasteiger partial charge on any atom is -0.497 e. The number of nitrogens with two attached hydrogens (primary N) is 1. The summed E-state index contributed by atoms with van der Waals surface area (Å²) in [5, 5.41) is 0. The molecule has 1 aliphatic rings. The highest BCUT2D eigenvalue weighted by Crippen LogP contribution is 2.39. The van der Waals surface area contributed by atoms with Gasteiger partial charge in [0.2, 0.25) is 0 Å². The first-order valence-corrected chi connectivity index (χ1v) is 8.94. The number of hydrogen-bond acceptors (Lipinski definition) is 5. The summed E-state index contributed by atoms with van der Waals surface area (Å²) in [5.41, 5.74) is 10.1. The van der Waals surface area contributed by atoms with E-state index in [2.05, 4.69) is 36.1 Å². The number of benzene rings is 2. The van der Waals surface area contributed by atoms with E-state index < -0.39 is 0 Å². The number of methoxy groups -OCH3 is 3. The molecule has 140 valence electrons. The van der Waals surface area contributed by atoms with Crippen molar-refractivity contribution in [2.45, 2.75) is 32.0 Å². The van der Waals surface area contributed by atoms with E-state index in [1.54, 1.807) is 21.3 Å². The average Bonchev–Trinajstić information content (AvgIpc) is 2.66. The highest BCUT2D eigenvalue weighted by atomic mass is 16.5. The normalized spacial score (nSPS) is 18.1. The molecule has 1 heterocycles. The lowest BCUT2D eigenvalue weighted by Gasteiger charge is -2.40. The fourth-order valence-electron chi connectivity index (χ4n) is 3.83. The van der Waals surface area contributed by atoms with Gasteiger partial charge in [-0.3, -0.25) is 4.90 Å². The van der Waals surface area contributed by atoms with Gasteiger partial charge in [-0.1, -0.05) is 12.1 Å². The quantitative estimate of drug-likeness (QED) is 0.862. The Kier molecular flexibility index (Phi) is 5.69. The van der Waals surface area contributed by atoms with E-state index in [0.29, 0.717) is 0 Å². The zero-order valence-corrected chi connectivity index (χ0v) is 16.0. The van der Waals surface area contributed by atoms with Crippen molar-refractivity contribution in [2.24, 2.45) is 5.73 Å². The lowest BCUT2D eigenvalue weighted by atomic mass is 9.88. The number of fused-ring (bicyclic) bond motifs is 1. The van der Waals surface area contributed by atoms with Crippen molar-refractivity contribution < 1.29 is 14.2 Å². The topological polar surface area (TPSA) is 57.0 Å². The largest absolute Gasteiger partial charge is 0.497 e. The maximum absolute atomic E-state index is 6.41. The van der Waals surface area contributed by atoms with E-state index in [-0.39, 0.29) is 12.1 Å². The van der Waals surface area contributed by atoms with Crippen LogP contribution in [0.5, 0.6) is 17.2 Å². The van der Waals surface area contributed by atoms with Gasteiger partial charge in [0.05, 0.1) is 27.4 Å². The van der Waals surface area contributed by atoms with Gasteiger partial charge < -0.3 is 19.9 Å². The van der Waals surface area contributed by atoms with Crippen molar-refractivity contribution in [3.05, 3.63) is 53.1 Å². The van der Waals surface area contributed by atoms with Gasteiger partial charge in [0, 0.05) is 19.1 Å². The summed E-state index contributed by atoms with van der Waals surface area (Å²) in [4.78, 5) is 2.44. The van der Waals surface area contributed by atoms with Gasteiger partial charge in [0.1, 0.15) is 5.75 Å². The molecule has 1 aliphatic heterocycles. The van der Waals surface area contributed by atoms with E-state index in [9.17, 15) is 0 Å². The molecule has 0 aliphatic carbocycles. The van der Waals surface area contributed by atoms with Crippen molar-refractivity contribution in [1.29, 1.82) is 0 Å². The predicted molar refractivity (Wildman–Crippen MR) is 103 cm³/mol. The molecule has 0 saturated carbocycles. The molecule has 3 rings (SSSR count). The Morgan fingerprint density at radius 3 is 2.46 bits per heavy atom. The first kappa shape index (κ1) is 18.5. The maximum Gasteiger partial charge on any atom is 0.161 e. The minimum absolute atomic E-state index is 0.00208. The summed E-state index contributed by atoms with van der Waals surface area (Å²) in [6, 6.07) is 12.5. The zero-order valence-electron chi connectivity index (χ0n) is 16.0. The van der Waals surface area contributed by atoms with Crippen LogP contribution in [-0.4, -0.2) is 38.8 Å². The lowest BCUT2D eigenvalue weighted by molar-refractivity contribution is 0.155. The summed E-state index contributed by atoms with van der Waals surface area (Å²) in [6.45, 7) is 3.85. The Labute approximate surface area is 155 Å². The molecule has 5 nitrogen and oxygen atoms in total. The molecular formula is C21H28N2O3. The van der Waals surface area contributed by atoms with E-state index in [0.717, 1.165) is 36.8 Å². The van der Waals surface area contributed by atoms with Crippen molar-refractivity contribution in [3.63, 3.8) is 0 Å². The third-order valence-corrected chi connectivity index (χ3v) is 5.04. The summed E-state index contributed by atoms with van der Waals surface area (Å²) in [5.74, 6) is 2.40. The number of ether oxygens (including phenoxy) is 3. The summed E-state index contributed by atoms with van der Waals surface area (Å²) in [7, 11) is 5.04. The first-order chi connectivity index (χ1) is 12.6. The van der Waals surface area contributed by atoms with Crippen molar-refractivity contribution in [1.82, 2.24) is 4.90 Å². The maximum atomic E-state index is 6.41. The van der Waals surface area contributed by atoms with Crippen molar-refractivity contribution >= 4 is 0 Å². The molecule has 5 heteroatoms. The number of nitrogens with zero attached hydrogens (tertiary/aromatic N) is 1. The Bertz CT molecular complexity index is 761. The molecule has 26 heavy (non-hydrogen) atoms. The van der Waals surface area contributed by atoms with Crippen LogP contribution in [0.1, 0.15) is 29.7 Å². The molecule has 2 aromatic rings. The average molecular weight is 356 g/mol. The standard InChI is InChI=1S/C21H28N2O3/c1-14(22)21-18-12-20(26-4)19(25-3)11-16(18)8-9-23(21)13-15-6-5-7-17(10-15)24-2/h5-7,10-12,14,21H,8-9,13,22H2,1-4H3. The van der Waals surface area contributed by atoms with Gasteiger partial charge >= 0.3 is 0 Å². The number of rotatable bonds is 6. The van der Waals surface area contributed by atoms with Crippen LogP contribution in [0.2, 0.25) is 0 Å². The second-order valence-corrected chi connectivity index (χ2v) is 6.78. The molecule has 0 amide bonds. The van der Waals surface area contributed by atoms with Gasteiger partial charge in [-0.25, -0.2) is 0 Å². The van der Waals surface area contributed by atoms with Gasteiger partial charge in [-0.05, 0) is 54.3 Å². The predicted octanol–water partition coefficient (Wildman–Crippen LogP) is 3.16. The van der Waals surface area contributed by atoms with Crippen LogP contribution in [0, 0.1) is 0 Å². The van der Waals surface area contributed by atoms with Crippen LogP contribution in [-0.2, 0) is 13.0 Å². The van der Waals surface area contributed by atoms with Gasteiger partial charge in [-0.2, -0.15) is 0 Å². The molecule has 2 aromatic carbocycles. The van der Waals surface area contributed by atoms with Crippen LogP contribution >= 0.6 is 0 Å². The molecule has 2 atom stereocenters. The molecule has 0 spiro atoms. The Morgan fingerprint density at radius 1 is 1.08 bits per heavy atom. The van der Waals surface area contributed by atoms with Gasteiger partial charge in [0.15, 0.2) is 11.5 Å². The van der Waals surface area contributed by atoms with Gasteiger partial charge in [0.25, 0.3) is 0 Å². The summed E-state index contributed by atoms with van der Waals surface area (Å²) >= 11 is 0. The molecule has 0 aromatic heterocycles. The molecular weight excluding hydrogens is 328 g/mol. The van der Waals surface area contributed by atoms with Crippen molar-refractivity contribution in [2.75, 3.05) is 27.9 Å². The van der Waals surface area contributed by atoms with Crippen LogP contribution < -0.4 is 19.9 Å². The van der Waals surface area contributed by atoms with E-state index >= 15 is 0 Å².